The van der Waals surface area contributed by atoms with Crippen LogP contribution in [0.5, 0.6) is 0 Å². The summed E-state index contributed by atoms with van der Waals surface area (Å²) >= 11 is 0. The van der Waals surface area contributed by atoms with E-state index in [0.717, 1.165) is 36.3 Å². The summed E-state index contributed by atoms with van der Waals surface area (Å²) in [7, 11) is 0. The molecule has 3 rings (SSSR count). The highest BCUT2D eigenvalue weighted by Gasteiger charge is 2.23. The topological polar surface area (TPSA) is 46.3 Å². The van der Waals surface area contributed by atoms with Crippen LogP contribution in [0, 0.1) is 5.92 Å². The number of aromatic nitrogens is 4. The second kappa shape index (κ2) is 4.72. The molecule has 0 atom stereocenters. The smallest absolute Gasteiger partial charge is 0.178 e. The van der Waals surface area contributed by atoms with Crippen molar-refractivity contribution in [3.63, 3.8) is 0 Å². The van der Waals surface area contributed by atoms with E-state index in [2.05, 4.69) is 48.9 Å². The number of hydrogen-bond acceptors (Lipinski definition) is 4. The molecule has 1 fully saturated rings. The summed E-state index contributed by atoms with van der Waals surface area (Å²) in [5.74, 6) is 2.78. The lowest BCUT2D eigenvalue weighted by Crippen LogP contribution is -2.33. The van der Waals surface area contributed by atoms with Gasteiger partial charge in [-0.25, -0.2) is 0 Å². The Hall–Kier alpha value is -1.65. The molecule has 0 aliphatic carbocycles. The molecule has 20 heavy (non-hydrogen) atoms. The standard InChI is InChI=1S/C15H23N5/c1-11-7-9-19(10-8-11)13-6-5-12-16-17-14(15(2,3)4)20(12)18-13/h5-6,11H,7-10H2,1-4H3. The van der Waals surface area contributed by atoms with Gasteiger partial charge in [-0.1, -0.05) is 27.7 Å². The lowest BCUT2D eigenvalue weighted by atomic mass is 9.96. The molecule has 0 spiro atoms. The minimum Gasteiger partial charge on any atom is -0.355 e. The van der Waals surface area contributed by atoms with Crippen LogP contribution in [0.3, 0.4) is 0 Å². The summed E-state index contributed by atoms with van der Waals surface area (Å²) in [6.45, 7) is 10.9. The fourth-order valence-corrected chi connectivity index (χ4v) is 2.65. The third-order valence-corrected chi connectivity index (χ3v) is 4.03. The Balaban J connectivity index is 1.97. The minimum absolute atomic E-state index is 0.0541. The fraction of sp³-hybridized carbons (Fsp3) is 0.667. The van der Waals surface area contributed by atoms with E-state index in [4.69, 9.17) is 5.10 Å². The van der Waals surface area contributed by atoms with Crippen LogP contribution in [0.25, 0.3) is 5.65 Å². The Bertz CT molecular complexity index is 602. The van der Waals surface area contributed by atoms with E-state index in [1.165, 1.54) is 12.8 Å². The highest BCUT2D eigenvalue weighted by atomic mass is 15.4. The van der Waals surface area contributed by atoms with Crippen molar-refractivity contribution in [3.05, 3.63) is 18.0 Å². The van der Waals surface area contributed by atoms with Crippen LogP contribution in [0.1, 0.15) is 46.4 Å². The first kappa shape index (κ1) is 13.3. The first-order chi connectivity index (χ1) is 9.45. The molecule has 1 aliphatic rings. The van der Waals surface area contributed by atoms with Crippen molar-refractivity contribution in [2.75, 3.05) is 18.0 Å². The quantitative estimate of drug-likeness (QED) is 0.801. The Morgan fingerprint density at radius 3 is 2.45 bits per heavy atom. The fourth-order valence-electron chi connectivity index (χ4n) is 2.65. The first-order valence-electron chi connectivity index (χ1n) is 7.43. The molecule has 2 aromatic heterocycles. The van der Waals surface area contributed by atoms with Crippen molar-refractivity contribution >= 4 is 11.5 Å². The highest BCUT2D eigenvalue weighted by Crippen LogP contribution is 2.24. The van der Waals surface area contributed by atoms with Gasteiger partial charge in [-0.3, -0.25) is 0 Å². The van der Waals surface area contributed by atoms with Gasteiger partial charge >= 0.3 is 0 Å². The van der Waals surface area contributed by atoms with E-state index in [1.807, 2.05) is 10.6 Å². The molecule has 1 aliphatic heterocycles. The van der Waals surface area contributed by atoms with Crippen LogP contribution >= 0.6 is 0 Å². The van der Waals surface area contributed by atoms with Gasteiger partial charge in [0.1, 0.15) is 5.82 Å². The zero-order valence-electron chi connectivity index (χ0n) is 12.8. The van der Waals surface area contributed by atoms with Gasteiger partial charge in [0.25, 0.3) is 0 Å². The molecule has 0 bridgehead atoms. The molecule has 1 saturated heterocycles. The number of fused-ring (bicyclic) bond motifs is 1. The van der Waals surface area contributed by atoms with E-state index in [1.54, 1.807) is 0 Å². The van der Waals surface area contributed by atoms with Crippen LogP contribution in [0.2, 0.25) is 0 Å². The summed E-state index contributed by atoms with van der Waals surface area (Å²) in [5.41, 5.74) is 0.769. The summed E-state index contributed by atoms with van der Waals surface area (Å²) in [5, 5.41) is 13.3. The van der Waals surface area contributed by atoms with E-state index in [-0.39, 0.29) is 5.41 Å². The maximum absolute atomic E-state index is 4.77. The van der Waals surface area contributed by atoms with Crippen LogP contribution < -0.4 is 4.90 Å². The van der Waals surface area contributed by atoms with Crippen LogP contribution in [0.4, 0.5) is 5.82 Å². The molecule has 108 valence electrons. The first-order valence-corrected chi connectivity index (χ1v) is 7.43. The van der Waals surface area contributed by atoms with Crippen LogP contribution in [-0.2, 0) is 5.41 Å². The molecule has 2 aromatic rings. The van der Waals surface area contributed by atoms with Gasteiger partial charge in [0.05, 0.1) is 0 Å². The van der Waals surface area contributed by atoms with Crippen LogP contribution in [-0.4, -0.2) is 32.9 Å². The molecule has 0 amide bonds. The minimum atomic E-state index is -0.0541. The van der Waals surface area contributed by atoms with Crippen molar-refractivity contribution in [1.82, 2.24) is 19.8 Å². The van der Waals surface area contributed by atoms with E-state index in [0.29, 0.717) is 0 Å². The zero-order chi connectivity index (χ0) is 14.3. The van der Waals surface area contributed by atoms with Crippen molar-refractivity contribution in [3.8, 4) is 0 Å². The molecule has 0 unspecified atom stereocenters. The molecular formula is C15H23N5. The maximum Gasteiger partial charge on any atom is 0.178 e. The molecule has 0 N–H and O–H groups in total. The Morgan fingerprint density at radius 2 is 1.80 bits per heavy atom. The van der Waals surface area contributed by atoms with Crippen molar-refractivity contribution < 1.29 is 0 Å². The van der Waals surface area contributed by atoms with Gasteiger partial charge in [-0.05, 0) is 30.9 Å². The summed E-state index contributed by atoms with van der Waals surface area (Å²) < 4.78 is 1.90. The van der Waals surface area contributed by atoms with Gasteiger partial charge in [-0.15, -0.1) is 15.3 Å². The predicted molar refractivity (Wildman–Crippen MR) is 80.1 cm³/mol. The van der Waals surface area contributed by atoms with Crippen molar-refractivity contribution in [1.29, 1.82) is 0 Å². The van der Waals surface area contributed by atoms with Gasteiger partial charge in [-0.2, -0.15) is 4.52 Å². The largest absolute Gasteiger partial charge is 0.355 e. The normalized spacial score (nSPS) is 17.9. The second-order valence-electron chi connectivity index (χ2n) is 6.90. The molecule has 3 heterocycles. The average molecular weight is 273 g/mol. The SMILES string of the molecule is CC1CCN(c2ccc3nnc(C(C)(C)C)n3n2)CC1. The molecule has 0 aromatic carbocycles. The number of piperidine rings is 1. The lowest BCUT2D eigenvalue weighted by Gasteiger charge is -2.31. The van der Waals surface area contributed by atoms with E-state index in [9.17, 15) is 0 Å². The maximum atomic E-state index is 4.77. The van der Waals surface area contributed by atoms with Crippen molar-refractivity contribution in [2.45, 2.75) is 46.0 Å². The number of nitrogens with zero attached hydrogens (tertiary/aromatic N) is 5. The van der Waals surface area contributed by atoms with E-state index < -0.39 is 0 Å². The third-order valence-electron chi connectivity index (χ3n) is 4.03. The zero-order valence-corrected chi connectivity index (χ0v) is 12.8. The highest BCUT2D eigenvalue weighted by molar-refractivity contribution is 5.46. The van der Waals surface area contributed by atoms with Gasteiger partial charge in [0.15, 0.2) is 11.5 Å². The molecule has 5 nitrogen and oxygen atoms in total. The summed E-state index contributed by atoms with van der Waals surface area (Å²) in [6, 6.07) is 4.08. The van der Waals surface area contributed by atoms with Gasteiger partial charge < -0.3 is 4.90 Å². The Morgan fingerprint density at radius 1 is 1.10 bits per heavy atom. The van der Waals surface area contributed by atoms with Crippen LogP contribution in [0.15, 0.2) is 12.1 Å². The molecule has 5 heteroatoms. The molecule has 0 saturated carbocycles. The lowest BCUT2D eigenvalue weighted by molar-refractivity contribution is 0.435. The van der Waals surface area contributed by atoms with Gasteiger partial charge in [0.2, 0.25) is 0 Å². The average Bonchev–Trinajstić information content (AvgIpc) is 2.82. The Kier molecular flexibility index (Phi) is 3.15. The van der Waals surface area contributed by atoms with Gasteiger partial charge in [0, 0.05) is 18.5 Å². The Labute approximate surface area is 120 Å². The number of hydrogen-bond donors (Lipinski definition) is 0. The second-order valence-corrected chi connectivity index (χ2v) is 6.90. The number of rotatable bonds is 1. The summed E-state index contributed by atoms with van der Waals surface area (Å²) in [6.07, 6.45) is 2.49. The monoisotopic (exact) mass is 273 g/mol. The number of anilines is 1. The summed E-state index contributed by atoms with van der Waals surface area (Å²) in [4.78, 5) is 2.37. The third kappa shape index (κ3) is 2.37. The molecular weight excluding hydrogens is 250 g/mol. The molecule has 0 radical (unpaired) electrons. The predicted octanol–water partition coefficient (Wildman–Crippen LogP) is 2.66. The van der Waals surface area contributed by atoms with E-state index >= 15 is 0 Å². The van der Waals surface area contributed by atoms with Crippen molar-refractivity contribution in [2.24, 2.45) is 5.92 Å².